The van der Waals surface area contributed by atoms with Crippen molar-refractivity contribution in [2.45, 2.75) is 58.7 Å². The summed E-state index contributed by atoms with van der Waals surface area (Å²) in [6.45, 7) is 10.5. The Kier molecular flexibility index (Phi) is 3.92. The van der Waals surface area contributed by atoms with Crippen molar-refractivity contribution >= 4 is 11.8 Å². The zero-order valence-electron chi connectivity index (χ0n) is 12.9. The Bertz CT molecular complexity index is 488. The van der Waals surface area contributed by atoms with E-state index >= 15 is 0 Å². The van der Waals surface area contributed by atoms with Gasteiger partial charge in [-0.3, -0.25) is 4.68 Å². The van der Waals surface area contributed by atoms with E-state index < -0.39 is 5.60 Å². The summed E-state index contributed by atoms with van der Waals surface area (Å²) in [6.07, 6.45) is 2.26. The van der Waals surface area contributed by atoms with Gasteiger partial charge in [-0.2, -0.15) is 5.10 Å². The predicted molar refractivity (Wildman–Crippen MR) is 77.8 cm³/mol. The van der Waals surface area contributed by atoms with Crippen molar-refractivity contribution in [2.75, 3.05) is 11.9 Å². The number of hydrogen-bond acceptors (Lipinski definition) is 4. The summed E-state index contributed by atoms with van der Waals surface area (Å²) in [5, 5.41) is 10.7. The molecule has 1 atom stereocenters. The van der Waals surface area contributed by atoms with E-state index in [2.05, 4.69) is 29.6 Å². The van der Waals surface area contributed by atoms with Crippen LogP contribution < -0.4 is 10.6 Å². The number of fused-ring (bicyclic) bond motifs is 1. The molecule has 1 aromatic heterocycles. The van der Waals surface area contributed by atoms with E-state index in [1.54, 1.807) is 0 Å². The topological polar surface area (TPSA) is 68.2 Å². The van der Waals surface area contributed by atoms with E-state index in [-0.39, 0.29) is 18.2 Å². The fourth-order valence-corrected chi connectivity index (χ4v) is 2.34. The molecule has 112 valence electrons. The van der Waals surface area contributed by atoms with Gasteiger partial charge in [0.15, 0.2) is 0 Å². The third kappa shape index (κ3) is 3.23. The van der Waals surface area contributed by atoms with Crippen LogP contribution in [-0.4, -0.2) is 28.0 Å². The molecule has 1 amide bonds. The Hall–Kier alpha value is -1.72. The van der Waals surface area contributed by atoms with Crippen molar-refractivity contribution in [3.05, 3.63) is 11.9 Å². The van der Waals surface area contributed by atoms with Crippen molar-refractivity contribution in [1.29, 1.82) is 0 Å². The van der Waals surface area contributed by atoms with E-state index in [0.29, 0.717) is 0 Å². The molecule has 0 saturated carbocycles. The normalized spacial score (nSPS) is 18.4. The SMILES string of the molecule is CC(C)n1ncc2c1C(NC(=O)OC(C)(C)C)CCN2. The first-order valence-corrected chi connectivity index (χ1v) is 7.08. The van der Waals surface area contributed by atoms with Crippen molar-refractivity contribution in [2.24, 2.45) is 0 Å². The number of amides is 1. The van der Waals surface area contributed by atoms with E-state index in [0.717, 1.165) is 24.3 Å². The van der Waals surface area contributed by atoms with Crippen LogP contribution in [0.1, 0.15) is 58.8 Å². The van der Waals surface area contributed by atoms with Crippen LogP contribution in [0.25, 0.3) is 0 Å². The van der Waals surface area contributed by atoms with E-state index in [1.165, 1.54) is 0 Å². The van der Waals surface area contributed by atoms with Crippen LogP contribution in [-0.2, 0) is 4.74 Å². The number of alkyl carbamates (subject to hydrolysis) is 1. The van der Waals surface area contributed by atoms with Crippen LogP contribution in [0.15, 0.2) is 6.20 Å². The van der Waals surface area contributed by atoms with Crippen LogP contribution in [0.5, 0.6) is 0 Å². The molecule has 0 radical (unpaired) electrons. The largest absolute Gasteiger partial charge is 0.444 e. The van der Waals surface area contributed by atoms with E-state index in [4.69, 9.17) is 4.74 Å². The van der Waals surface area contributed by atoms with Crippen LogP contribution >= 0.6 is 0 Å². The number of nitrogens with zero attached hydrogens (tertiary/aromatic N) is 2. The monoisotopic (exact) mass is 280 g/mol. The molecule has 1 unspecified atom stereocenters. The minimum Gasteiger partial charge on any atom is -0.444 e. The average Bonchev–Trinajstić information content (AvgIpc) is 2.71. The van der Waals surface area contributed by atoms with Gasteiger partial charge in [0, 0.05) is 12.6 Å². The number of rotatable bonds is 2. The van der Waals surface area contributed by atoms with Crippen molar-refractivity contribution in [3.8, 4) is 0 Å². The first kappa shape index (κ1) is 14.7. The van der Waals surface area contributed by atoms with Gasteiger partial charge < -0.3 is 15.4 Å². The summed E-state index contributed by atoms with van der Waals surface area (Å²) < 4.78 is 7.28. The molecule has 2 heterocycles. The van der Waals surface area contributed by atoms with Crippen LogP contribution in [0.3, 0.4) is 0 Å². The highest BCUT2D eigenvalue weighted by Gasteiger charge is 2.28. The number of hydrogen-bond donors (Lipinski definition) is 2. The molecule has 0 bridgehead atoms. The molecular weight excluding hydrogens is 256 g/mol. The first-order chi connectivity index (χ1) is 9.28. The smallest absolute Gasteiger partial charge is 0.408 e. The minimum absolute atomic E-state index is 0.0639. The van der Waals surface area contributed by atoms with Crippen LogP contribution in [0.2, 0.25) is 0 Å². The number of nitrogens with one attached hydrogen (secondary N) is 2. The maximum atomic E-state index is 12.0. The third-order valence-corrected chi connectivity index (χ3v) is 3.09. The second-order valence-electron chi connectivity index (χ2n) is 6.40. The molecule has 6 nitrogen and oxygen atoms in total. The van der Waals surface area contributed by atoms with Gasteiger partial charge in [-0.25, -0.2) is 4.79 Å². The number of aromatic nitrogens is 2. The van der Waals surface area contributed by atoms with Crippen LogP contribution in [0.4, 0.5) is 10.5 Å². The number of carbonyl (C=O) groups excluding carboxylic acids is 1. The summed E-state index contributed by atoms with van der Waals surface area (Å²) in [7, 11) is 0. The van der Waals surface area contributed by atoms with Crippen LogP contribution in [0, 0.1) is 0 Å². The molecule has 20 heavy (non-hydrogen) atoms. The second-order valence-corrected chi connectivity index (χ2v) is 6.40. The van der Waals surface area contributed by atoms with Gasteiger partial charge in [-0.15, -0.1) is 0 Å². The average molecular weight is 280 g/mol. The van der Waals surface area contributed by atoms with Gasteiger partial charge in [0.2, 0.25) is 0 Å². The Balaban J connectivity index is 2.16. The lowest BCUT2D eigenvalue weighted by Crippen LogP contribution is -2.38. The number of carbonyl (C=O) groups is 1. The molecule has 1 aliphatic heterocycles. The molecule has 2 rings (SSSR count). The highest BCUT2D eigenvalue weighted by atomic mass is 16.6. The van der Waals surface area contributed by atoms with Crippen molar-refractivity contribution in [1.82, 2.24) is 15.1 Å². The molecule has 0 aromatic carbocycles. The lowest BCUT2D eigenvalue weighted by Gasteiger charge is -2.28. The summed E-state index contributed by atoms with van der Waals surface area (Å²) in [5.41, 5.74) is 1.53. The molecule has 1 aliphatic rings. The van der Waals surface area contributed by atoms with Gasteiger partial charge in [-0.05, 0) is 41.0 Å². The standard InChI is InChI=1S/C14H24N4O2/c1-9(2)18-12-10(6-7-15-11(12)8-16-18)17-13(19)20-14(3,4)5/h8-10,15H,6-7H2,1-5H3,(H,17,19). The molecule has 2 N–H and O–H groups in total. The Morgan fingerprint density at radius 2 is 2.25 bits per heavy atom. The summed E-state index contributed by atoms with van der Waals surface area (Å²) in [5.74, 6) is 0. The Morgan fingerprint density at radius 1 is 1.55 bits per heavy atom. The molecule has 0 spiro atoms. The summed E-state index contributed by atoms with van der Waals surface area (Å²) in [4.78, 5) is 12.0. The van der Waals surface area contributed by atoms with Crippen molar-refractivity contribution < 1.29 is 9.53 Å². The Labute approximate surface area is 119 Å². The minimum atomic E-state index is -0.488. The van der Waals surface area contributed by atoms with Gasteiger partial charge in [0.05, 0.1) is 23.6 Å². The fraction of sp³-hybridized carbons (Fsp3) is 0.714. The van der Waals surface area contributed by atoms with Gasteiger partial charge >= 0.3 is 6.09 Å². The lowest BCUT2D eigenvalue weighted by molar-refractivity contribution is 0.0498. The molecule has 1 aromatic rings. The van der Waals surface area contributed by atoms with E-state index in [9.17, 15) is 4.79 Å². The zero-order valence-corrected chi connectivity index (χ0v) is 12.9. The molecular formula is C14H24N4O2. The molecule has 6 heteroatoms. The summed E-state index contributed by atoms with van der Waals surface area (Å²) >= 11 is 0. The number of ether oxygens (including phenoxy) is 1. The summed E-state index contributed by atoms with van der Waals surface area (Å²) in [6, 6.07) is 0.188. The zero-order chi connectivity index (χ0) is 14.9. The number of anilines is 1. The van der Waals surface area contributed by atoms with Gasteiger partial charge in [0.1, 0.15) is 5.60 Å². The van der Waals surface area contributed by atoms with Gasteiger partial charge in [-0.1, -0.05) is 0 Å². The highest BCUT2D eigenvalue weighted by Crippen LogP contribution is 2.31. The molecule has 0 fully saturated rings. The highest BCUT2D eigenvalue weighted by molar-refractivity contribution is 5.69. The quantitative estimate of drug-likeness (QED) is 0.874. The molecule has 0 aliphatic carbocycles. The van der Waals surface area contributed by atoms with E-state index in [1.807, 2.05) is 31.6 Å². The van der Waals surface area contributed by atoms with Crippen molar-refractivity contribution in [3.63, 3.8) is 0 Å². The fourth-order valence-electron chi connectivity index (χ4n) is 2.34. The third-order valence-electron chi connectivity index (χ3n) is 3.09. The first-order valence-electron chi connectivity index (χ1n) is 7.08. The lowest BCUT2D eigenvalue weighted by atomic mass is 10.0. The Morgan fingerprint density at radius 3 is 2.85 bits per heavy atom. The maximum absolute atomic E-state index is 12.0. The maximum Gasteiger partial charge on any atom is 0.408 e. The second kappa shape index (κ2) is 5.34. The predicted octanol–water partition coefficient (Wildman–Crippen LogP) is 2.85. The molecule has 0 saturated heterocycles. The van der Waals surface area contributed by atoms with Gasteiger partial charge in [0.25, 0.3) is 0 Å².